The molecule has 1 aromatic carbocycles. The Morgan fingerprint density at radius 2 is 2.05 bits per heavy atom. The lowest BCUT2D eigenvalue weighted by atomic mass is 10.2. The van der Waals surface area contributed by atoms with E-state index >= 15 is 0 Å². The van der Waals surface area contributed by atoms with Gasteiger partial charge >= 0.3 is 0 Å². The van der Waals surface area contributed by atoms with Crippen LogP contribution in [0.4, 0.5) is 0 Å². The molecule has 6 heteroatoms. The summed E-state index contributed by atoms with van der Waals surface area (Å²) in [5.74, 6) is 1.65. The normalized spacial score (nSPS) is 11.4. The highest BCUT2D eigenvalue weighted by molar-refractivity contribution is 5.79. The van der Waals surface area contributed by atoms with Crippen LogP contribution in [-0.2, 0) is 20.1 Å². The van der Waals surface area contributed by atoms with Gasteiger partial charge in [0.25, 0.3) is 0 Å². The number of rotatable bonds is 5. The Kier molecular flexibility index (Phi) is 5.11. The molecule has 2 rings (SSSR count). The summed E-state index contributed by atoms with van der Waals surface area (Å²) in [5, 5.41) is 10.5. The fraction of sp³-hybridized carbons (Fsp3) is 0.357. The summed E-state index contributed by atoms with van der Waals surface area (Å²) in [4.78, 5) is 8.72. The molecule has 0 aliphatic rings. The van der Waals surface area contributed by atoms with Crippen LogP contribution < -0.4 is 10.6 Å². The molecule has 0 bridgehead atoms. The summed E-state index contributed by atoms with van der Waals surface area (Å²) in [6.45, 7) is 4.10. The number of nitrogens with zero attached hydrogens (tertiary/aromatic N) is 4. The van der Waals surface area contributed by atoms with Gasteiger partial charge in [-0.2, -0.15) is 5.10 Å². The molecule has 1 heterocycles. The first kappa shape index (κ1) is 14.0. The van der Waals surface area contributed by atoms with Crippen LogP contribution in [0.5, 0.6) is 0 Å². The molecule has 0 radical (unpaired) electrons. The number of guanidine groups is 1. The van der Waals surface area contributed by atoms with Crippen LogP contribution in [0.2, 0.25) is 0 Å². The van der Waals surface area contributed by atoms with Gasteiger partial charge in [0.05, 0.1) is 13.1 Å². The minimum atomic E-state index is 0.594. The second kappa shape index (κ2) is 7.28. The molecule has 0 spiro atoms. The molecule has 20 heavy (non-hydrogen) atoms. The standard InChI is InChI=1S/C14H20N6/c1-3-15-14(16-9-12-7-5-4-6-8-12)17-10-13-18-11-19-20(13)2/h4-8,11H,3,9-10H2,1-2H3,(H2,15,16,17). The molecule has 2 N–H and O–H groups in total. The number of aryl methyl sites for hydroxylation is 1. The van der Waals surface area contributed by atoms with Crippen LogP contribution in [0.25, 0.3) is 0 Å². The maximum atomic E-state index is 4.55. The van der Waals surface area contributed by atoms with E-state index in [1.54, 1.807) is 11.0 Å². The van der Waals surface area contributed by atoms with Crippen molar-refractivity contribution in [1.29, 1.82) is 0 Å². The van der Waals surface area contributed by atoms with Crippen molar-refractivity contribution in [2.45, 2.75) is 20.0 Å². The zero-order valence-electron chi connectivity index (χ0n) is 11.9. The Morgan fingerprint density at radius 3 is 2.70 bits per heavy atom. The van der Waals surface area contributed by atoms with Crippen LogP contribution in [0.15, 0.2) is 41.7 Å². The molecule has 0 fully saturated rings. The zero-order chi connectivity index (χ0) is 14.2. The molecule has 0 unspecified atom stereocenters. The Balaban J connectivity index is 1.94. The maximum absolute atomic E-state index is 4.55. The molecule has 0 saturated heterocycles. The van der Waals surface area contributed by atoms with E-state index in [9.17, 15) is 0 Å². The Hall–Kier alpha value is -2.37. The predicted octanol–water partition coefficient (Wildman–Crippen LogP) is 1.07. The second-order valence-corrected chi connectivity index (χ2v) is 4.33. The summed E-state index contributed by atoms with van der Waals surface area (Å²) in [5.41, 5.74) is 1.18. The highest BCUT2D eigenvalue weighted by Gasteiger charge is 2.02. The summed E-state index contributed by atoms with van der Waals surface area (Å²) in [7, 11) is 1.87. The minimum Gasteiger partial charge on any atom is -0.357 e. The van der Waals surface area contributed by atoms with E-state index in [4.69, 9.17) is 0 Å². The quantitative estimate of drug-likeness (QED) is 0.631. The molecule has 2 aromatic rings. The largest absolute Gasteiger partial charge is 0.357 e. The molecular formula is C14H20N6. The van der Waals surface area contributed by atoms with Gasteiger partial charge < -0.3 is 10.6 Å². The summed E-state index contributed by atoms with van der Waals surface area (Å²) >= 11 is 0. The lowest BCUT2D eigenvalue weighted by Crippen LogP contribution is -2.37. The number of nitrogens with one attached hydrogen (secondary N) is 2. The predicted molar refractivity (Wildman–Crippen MR) is 79.1 cm³/mol. The fourth-order valence-electron chi connectivity index (χ4n) is 1.74. The van der Waals surface area contributed by atoms with Gasteiger partial charge in [0.15, 0.2) is 5.96 Å². The van der Waals surface area contributed by atoms with Crippen molar-refractivity contribution in [3.05, 3.63) is 48.0 Å². The molecule has 6 nitrogen and oxygen atoms in total. The van der Waals surface area contributed by atoms with Gasteiger partial charge in [-0.25, -0.2) is 9.98 Å². The molecule has 0 atom stereocenters. The van der Waals surface area contributed by atoms with Gasteiger partial charge in [-0.15, -0.1) is 0 Å². The third kappa shape index (κ3) is 4.08. The second-order valence-electron chi connectivity index (χ2n) is 4.33. The van der Waals surface area contributed by atoms with Gasteiger partial charge in [0.2, 0.25) is 0 Å². The molecule has 1 aromatic heterocycles. The topological polar surface area (TPSA) is 67.1 Å². The first-order chi connectivity index (χ1) is 9.79. The van der Waals surface area contributed by atoms with Gasteiger partial charge in [-0.1, -0.05) is 30.3 Å². The van der Waals surface area contributed by atoms with Crippen molar-refractivity contribution in [1.82, 2.24) is 25.4 Å². The highest BCUT2D eigenvalue weighted by atomic mass is 15.3. The van der Waals surface area contributed by atoms with Crippen LogP contribution >= 0.6 is 0 Å². The van der Waals surface area contributed by atoms with Crippen LogP contribution in [0.3, 0.4) is 0 Å². The van der Waals surface area contributed by atoms with Crippen molar-refractivity contribution in [2.75, 3.05) is 6.54 Å². The van der Waals surface area contributed by atoms with E-state index in [-0.39, 0.29) is 0 Å². The number of hydrogen-bond acceptors (Lipinski definition) is 3. The van der Waals surface area contributed by atoms with Crippen molar-refractivity contribution in [3.63, 3.8) is 0 Å². The van der Waals surface area contributed by atoms with Crippen molar-refractivity contribution in [2.24, 2.45) is 12.0 Å². The van der Waals surface area contributed by atoms with Gasteiger partial charge in [-0.05, 0) is 12.5 Å². The minimum absolute atomic E-state index is 0.594. The van der Waals surface area contributed by atoms with Crippen molar-refractivity contribution < 1.29 is 0 Å². The van der Waals surface area contributed by atoms with E-state index in [0.717, 1.165) is 18.3 Å². The SMILES string of the molecule is CCNC(=NCc1ccccc1)NCc1ncnn1C. The van der Waals surface area contributed by atoms with Gasteiger partial charge in [0.1, 0.15) is 12.2 Å². The molecule has 0 amide bonds. The molecule has 0 aliphatic heterocycles. The van der Waals surface area contributed by atoms with E-state index in [2.05, 4.69) is 37.8 Å². The van der Waals surface area contributed by atoms with Crippen LogP contribution in [0, 0.1) is 0 Å². The lowest BCUT2D eigenvalue weighted by Gasteiger charge is -2.10. The highest BCUT2D eigenvalue weighted by Crippen LogP contribution is 2.00. The lowest BCUT2D eigenvalue weighted by molar-refractivity contribution is 0.673. The Bertz CT molecular complexity index is 546. The summed E-state index contributed by atoms with van der Waals surface area (Å²) in [6, 6.07) is 10.2. The summed E-state index contributed by atoms with van der Waals surface area (Å²) in [6.07, 6.45) is 1.55. The van der Waals surface area contributed by atoms with Crippen molar-refractivity contribution >= 4 is 5.96 Å². The monoisotopic (exact) mass is 272 g/mol. The average molecular weight is 272 g/mol. The smallest absolute Gasteiger partial charge is 0.191 e. The zero-order valence-corrected chi connectivity index (χ0v) is 11.9. The first-order valence-corrected chi connectivity index (χ1v) is 6.68. The van der Waals surface area contributed by atoms with Gasteiger partial charge in [-0.3, -0.25) is 4.68 Å². The number of aromatic nitrogens is 3. The molecule has 106 valence electrons. The summed E-state index contributed by atoms with van der Waals surface area (Å²) < 4.78 is 1.74. The van der Waals surface area contributed by atoms with Crippen LogP contribution in [0.1, 0.15) is 18.3 Å². The fourth-order valence-corrected chi connectivity index (χ4v) is 1.74. The maximum Gasteiger partial charge on any atom is 0.191 e. The number of benzene rings is 1. The van der Waals surface area contributed by atoms with E-state index in [1.807, 2.05) is 32.2 Å². The third-order valence-corrected chi connectivity index (χ3v) is 2.83. The number of aliphatic imine (C=N–C) groups is 1. The Labute approximate surface area is 119 Å². The Morgan fingerprint density at radius 1 is 1.25 bits per heavy atom. The van der Waals surface area contributed by atoms with Crippen LogP contribution in [-0.4, -0.2) is 27.3 Å². The van der Waals surface area contributed by atoms with Gasteiger partial charge in [0, 0.05) is 13.6 Å². The molecular weight excluding hydrogens is 252 g/mol. The van der Waals surface area contributed by atoms with E-state index in [1.165, 1.54) is 5.56 Å². The number of hydrogen-bond donors (Lipinski definition) is 2. The van der Waals surface area contributed by atoms with E-state index in [0.29, 0.717) is 13.1 Å². The molecule has 0 aliphatic carbocycles. The van der Waals surface area contributed by atoms with Crippen molar-refractivity contribution in [3.8, 4) is 0 Å². The molecule has 0 saturated carbocycles. The van der Waals surface area contributed by atoms with E-state index < -0.39 is 0 Å². The first-order valence-electron chi connectivity index (χ1n) is 6.68. The third-order valence-electron chi connectivity index (χ3n) is 2.83. The average Bonchev–Trinajstić information content (AvgIpc) is 2.88.